The van der Waals surface area contributed by atoms with Gasteiger partial charge in [-0.1, -0.05) is 78.3 Å². The minimum absolute atomic E-state index is 0.109. The Morgan fingerprint density at radius 2 is 1.49 bits per heavy atom. The van der Waals surface area contributed by atoms with Gasteiger partial charge in [-0.25, -0.2) is 4.79 Å². The number of methoxy groups -OCH3 is 1. The van der Waals surface area contributed by atoms with Crippen molar-refractivity contribution >= 4 is 34.9 Å². The van der Waals surface area contributed by atoms with Crippen LogP contribution in [0, 0.1) is 0 Å². The number of halogens is 1. The molecule has 4 aromatic carbocycles. The van der Waals surface area contributed by atoms with E-state index in [1.807, 2.05) is 74.5 Å². The second-order valence-electron chi connectivity index (χ2n) is 10.5. The van der Waals surface area contributed by atoms with Crippen molar-refractivity contribution in [1.82, 2.24) is 5.32 Å². The molecule has 0 bridgehead atoms. The van der Waals surface area contributed by atoms with E-state index in [0.29, 0.717) is 47.2 Å². The molecular formula is C35H35ClN2O5. The van der Waals surface area contributed by atoms with Gasteiger partial charge in [0.15, 0.2) is 5.78 Å². The Kier molecular flexibility index (Phi) is 10.6. The highest BCUT2D eigenvalue weighted by Crippen LogP contribution is 2.25. The van der Waals surface area contributed by atoms with Crippen molar-refractivity contribution in [2.75, 3.05) is 25.6 Å². The lowest BCUT2D eigenvalue weighted by Gasteiger charge is -2.24. The lowest BCUT2D eigenvalue weighted by atomic mass is 9.84. The van der Waals surface area contributed by atoms with E-state index in [-0.39, 0.29) is 11.7 Å². The summed E-state index contributed by atoms with van der Waals surface area (Å²) in [5, 5.41) is 6.77. The van der Waals surface area contributed by atoms with Gasteiger partial charge in [0.05, 0.1) is 19.1 Å². The Labute approximate surface area is 257 Å². The maximum absolute atomic E-state index is 13.2. The highest BCUT2D eigenvalue weighted by atomic mass is 35.5. The molecule has 0 aliphatic heterocycles. The van der Waals surface area contributed by atoms with E-state index in [1.54, 1.807) is 42.5 Å². The van der Waals surface area contributed by atoms with Crippen molar-refractivity contribution < 1.29 is 23.9 Å². The van der Waals surface area contributed by atoms with Crippen LogP contribution >= 0.6 is 11.6 Å². The number of hydrogen-bond acceptors (Lipinski definition) is 6. The van der Waals surface area contributed by atoms with Gasteiger partial charge >= 0.3 is 5.97 Å². The summed E-state index contributed by atoms with van der Waals surface area (Å²) in [6, 6.07) is 30.0. The molecule has 2 N–H and O–H groups in total. The van der Waals surface area contributed by atoms with Crippen LogP contribution < -0.4 is 15.4 Å². The molecule has 8 heteroatoms. The van der Waals surface area contributed by atoms with Gasteiger partial charge in [-0.15, -0.1) is 0 Å². The summed E-state index contributed by atoms with van der Waals surface area (Å²) in [5.74, 6) is -0.0587. The third-order valence-electron chi connectivity index (χ3n) is 7.18. The molecule has 0 saturated carbocycles. The molecule has 43 heavy (non-hydrogen) atoms. The van der Waals surface area contributed by atoms with Gasteiger partial charge in [0.1, 0.15) is 18.4 Å². The molecule has 0 spiro atoms. The summed E-state index contributed by atoms with van der Waals surface area (Å²) in [4.78, 5) is 38.7. The normalized spacial score (nSPS) is 11.7. The topological polar surface area (TPSA) is 93.7 Å². The summed E-state index contributed by atoms with van der Waals surface area (Å²) in [5.41, 5.74) is 2.61. The number of benzene rings is 4. The number of carbonyl (C=O) groups excluding carboxylic acids is 3. The molecule has 1 unspecified atom stereocenters. The number of hydrogen-bond donors (Lipinski definition) is 2. The maximum atomic E-state index is 13.2. The number of rotatable bonds is 13. The van der Waals surface area contributed by atoms with E-state index in [0.717, 1.165) is 11.1 Å². The van der Waals surface area contributed by atoms with Crippen molar-refractivity contribution in [1.29, 1.82) is 0 Å². The fraction of sp³-hybridized carbons (Fsp3) is 0.229. The van der Waals surface area contributed by atoms with Crippen LogP contribution in [0.4, 0.5) is 5.69 Å². The van der Waals surface area contributed by atoms with Crippen LogP contribution in [-0.2, 0) is 26.2 Å². The Morgan fingerprint density at radius 1 is 0.837 bits per heavy atom. The molecule has 7 nitrogen and oxygen atoms in total. The Hall–Kier alpha value is -4.62. The summed E-state index contributed by atoms with van der Waals surface area (Å²) >= 11 is 5.97. The minimum Gasteiger partial charge on any atom is -0.492 e. The molecular weight excluding hydrogens is 564 g/mol. The lowest BCUT2D eigenvalue weighted by molar-refractivity contribution is -0.141. The van der Waals surface area contributed by atoms with E-state index in [1.165, 1.54) is 7.11 Å². The summed E-state index contributed by atoms with van der Waals surface area (Å²) in [6.07, 6.45) is 0.330. The fourth-order valence-electron chi connectivity index (χ4n) is 4.58. The number of ketones is 1. The monoisotopic (exact) mass is 598 g/mol. The fourth-order valence-corrected chi connectivity index (χ4v) is 4.71. The predicted molar refractivity (Wildman–Crippen MR) is 169 cm³/mol. The number of esters is 1. The average Bonchev–Trinajstić information content (AvgIpc) is 3.03. The predicted octanol–water partition coefficient (Wildman–Crippen LogP) is 6.24. The maximum Gasteiger partial charge on any atom is 0.328 e. The van der Waals surface area contributed by atoms with Gasteiger partial charge in [0.2, 0.25) is 5.91 Å². The molecule has 0 aliphatic rings. The number of para-hydroxylation sites is 1. The van der Waals surface area contributed by atoms with Gasteiger partial charge in [0.25, 0.3) is 0 Å². The van der Waals surface area contributed by atoms with Gasteiger partial charge in [-0.05, 0) is 61.4 Å². The van der Waals surface area contributed by atoms with Crippen LogP contribution in [-0.4, -0.2) is 44.0 Å². The number of anilines is 1. The number of carbonyl (C=O) groups is 3. The molecule has 0 fully saturated rings. The standard InChI is InChI=1S/C35H35ClN2O5/c1-35(2,26-15-17-27(36)18-16-26)34(41)37-21-22-43-28-19-13-24(14-20-28)23-31(33(40)42-3)38-30-12-8-7-11-29(30)32(39)25-9-5-4-6-10-25/h4-20,31,38H,21-23H2,1-3H3,(H,37,41). The van der Waals surface area contributed by atoms with Crippen molar-refractivity contribution in [3.8, 4) is 5.75 Å². The summed E-state index contributed by atoms with van der Waals surface area (Å²) < 4.78 is 10.9. The molecule has 0 radical (unpaired) electrons. The smallest absolute Gasteiger partial charge is 0.328 e. The largest absolute Gasteiger partial charge is 0.492 e. The van der Waals surface area contributed by atoms with Crippen molar-refractivity contribution in [3.63, 3.8) is 0 Å². The Balaban J connectivity index is 1.33. The van der Waals surface area contributed by atoms with Crippen LogP contribution in [0.25, 0.3) is 0 Å². The van der Waals surface area contributed by atoms with E-state index < -0.39 is 17.4 Å². The molecule has 1 atom stereocenters. The van der Waals surface area contributed by atoms with Crippen LogP contribution in [0.2, 0.25) is 5.02 Å². The second kappa shape index (κ2) is 14.5. The molecule has 0 aromatic heterocycles. The number of ether oxygens (including phenoxy) is 2. The molecule has 0 heterocycles. The van der Waals surface area contributed by atoms with E-state index in [9.17, 15) is 14.4 Å². The van der Waals surface area contributed by atoms with Gasteiger partial charge in [0, 0.05) is 28.3 Å². The third kappa shape index (κ3) is 8.23. The number of nitrogens with one attached hydrogen (secondary N) is 2. The van der Waals surface area contributed by atoms with E-state index >= 15 is 0 Å². The summed E-state index contributed by atoms with van der Waals surface area (Å²) in [6.45, 7) is 4.36. The Bertz CT molecular complexity index is 1540. The van der Waals surface area contributed by atoms with Gasteiger partial charge < -0.3 is 20.1 Å². The van der Waals surface area contributed by atoms with Crippen molar-refractivity contribution in [2.45, 2.75) is 31.7 Å². The van der Waals surface area contributed by atoms with Crippen molar-refractivity contribution in [2.24, 2.45) is 0 Å². The highest BCUT2D eigenvalue weighted by molar-refractivity contribution is 6.30. The Morgan fingerprint density at radius 3 is 2.16 bits per heavy atom. The minimum atomic E-state index is -0.722. The highest BCUT2D eigenvalue weighted by Gasteiger charge is 2.29. The molecule has 222 valence electrons. The van der Waals surface area contributed by atoms with E-state index in [2.05, 4.69) is 10.6 Å². The number of amides is 1. The third-order valence-corrected chi connectivity index (χ3v) is 7.43. The first kappa shape index (κ1) is 31.3. The molecule has 0 saturated heterocycles. The zero-order valence-electron chi connectivity index (χ0n) is 24.4. The average molecular weight is 599 g/mol. The van der Waals surface area contributed by atoms with Crippen LogP contribution in [0.1, 0.15) is 40.9 Å². The molecule has 0 aliphatic carbocycles. The summed E-state index contributed by atoms with van der Waals surface area (Å²) in [7, 11) is 1.34. The van der Waals surface area contributed by atoms with Crippen LogP contribution in [0.15, 0.2) is 103 Å². The van der Waals surface area contributed by atoms with Crippen LogP contribution in [0.3, 0.4) is 0 Å². The lowest BCUT2D eigenvalue weighted by Crippen LogP contribution is -2.41. The van der Waals surface area contributed by atoms with Crippen molar-refractivity contribution in [3.05, 3.63) is 130 Å². The molecule has 4 rings (SSSR count). The second-order valence-corrected chi connectivity index (χ2v) is 11.0. The zero-order chi connectivity index (χ0) is 30.8. The molecule has 4 aromatic rings. The van der Waals surface area contributed by atoms with Gasteiger partial charge in [-0.3, -0.25) is 9.59 Å². The van der Waals surface area contributed by atoms with Gasteiger partial charge in [-0.2, -0.15) is 0 Å². The zero-order valence-corrected chi connectivity index (χ0v) is 25.2. The SMILES string of the molecule is COC(=O)C(Cc1ccc(OCCNC(=O)C(C)(C)c2ccc(Cl)cc2)cc1)Nc1ccccc1C(=O)c1ccccc1. The first-order chi connectivity index (χ1) is 20.7. The quantitative estimate of drug-likeness (QED) is 0.107. The van der Waals surface area contributed by atoms with Crippen LogP contribution in [0.5, 0.6) is 5.75 Å². The first-order valence-corrected chi connectivity index (χ1v) is 14.4. The first-order valence-electron chi connectivity index (χ1n) is 14.0. The van der Waals surface area contributed by atoms with E-state index in [4.69, 9.17) is 21.1 Å². The molecule has 1 amide bonds.